The summed E-state index contributed by atoms with van der Waals surface area (Å²) in [5, 5.41) is 3.00. The van der Waals surface area contributed by atoms with Crippen molar-refractivity contribution in [1.82, 2.24) is 9.55 Å². The number of carbonyl (C=O) groups is 2. The lowest BCUT2D eigenvalue weighted by Gasteiger charge is -2.13. The highest BCUT2D eigenvalue weighted by Crippen LogP contribution is 2.23. The lowest BCUT2D eigenvalue weighted by molar-refractivity contribution is -0.117. The van der Waals surface area contributed by atoms with Crippen molar-refractivity contribution in [1.29, 1.82) is 0 Å². The van der Waals surface area contributed by atoms with Gasteiger partial charge in [-0.3, -0.25) is 14.2 Å². The van der Waals surface area contributed by atoms with Crippen LogP contribution in [-0.4, -0.2) is 41.4 Å². The molecule has 0 aliphatic rings. The number of nitrogens with one attached hydrogen (secondary N) is 1. The van der Waals surface area contributed by atoms with E-state index in [1.165, 1.54) is 25.1 Å². The van der Waals surface area contributed by atoms with Gasteiger partial charge in [0.2, 0.25) is 5.91 Å². The molecule has 26 heavy (non-hydrogen) atoms. The average molecular weight is 377 g/mol. The first-order valence-corrected chi connectivity index (χ1v) is 8.98. The number of esters is 1. The fourth-order valence-electron chi connectivity index (χ4n) is 2.21. The minimum atomic E-state index is -0.767. The van der Waals surface area contributed by atoms with Gasteiger partial charge in [0.15, 0.2) is 5.16 Å². The zero-order valence-electron chi connectivity index (χ0n) is 14.6. The molecule has 2 aromatic rings. The number of hydrogen-bond acceptors (Lipinski definition) is 7. The van der Waals surface area contributed by atoms with E-state index in [0.29, 0.717) is 16.6 Å². The molecule has 1 amide bonds. The molecule has 138 valence electrons. The van der Waals surface area contributed by atoms with E-state index in [4.69, 9.17) is 9.47 Å². The lowest BCUT2D eigenvalue weighted by Crippen LogP contribution is -2.33. The van der Waals surface area contributed by atoms with Gasteiger partial charge in [-0.25, -0.2) is 9.78 Å². The van der Waals surface area contributed by atoms with Crippen molar-refractivity contribution in [3.05, 3.63) is 46.4 Å². The molecule has 0 unspecified atom stereocenters. The van der Waals surface area contributed by atoms with E-state index in [0.717, 1.165) is 4.57 Å². The molecule has 9 heteroatoms. The molecule has 0 aliphatic heterocycles. The van der Waals surface area contributed by atoms with E-state index in [9.17, 15) is 14.4 Å². The van der Waals surface area contributed by atoms with E-state index in [1.807, 2.05) is 0 Å². The SMILES string of the molecule is CCOC(=O)c1cnc(SC)n(CC(=O)Nc2ccccc2OC)c1=O. The van der Waals surface area contributed by atoms with Gasteiger partial charge in [-0.2, -0.15) is 0 Å². The highest BCUT2D eigenvalue weighted by atomic mass is 32.2. The summed E-state index contributed by atoms with van der Waals surface area (Å²) in [6.07, 6.45) is 2.89. The molecule has 0 fully saturated rings. The van der Waals surface area contributed by atoms with Crippen LogP contribution in [0.2, 0.25) is 0 Å². The van der Waals surface area contributed by atoms with Gasteiger partial charge >= 0.3 is 5.97 Å². The number of carbonyl (C=O) groups excluding carboxylic acids is 2. The number of methoxy groups -OCH3 is 1. The standard InChI is InChI=1S/C17H19N3O5S/c1-4-25-16(23)11-9-18-17(26-3)20(15(11)22)10-14(21)19-12-7-5-6-8-13(12)24-2/h5-9H,4,10H2,1-3H3,(H,19,21). The minimum absolute atomic E-state index is 0.136. The molecular weight excluding hydrogens is 358 g/mol. The number of aromatic nitrogens is 2. The molecular formula is C17H19N3O5S. The Bertz CT molecular complexity index is 866. The maximum absolute atomic E-state index is 12.6. The summed E-state index contributed by atoms with van der Waals surface area (Å²) in [5.74, 6) is -0.720. The quantitative estimate of drug-likeness (QED) is 0.446. The maximum Gasteiger partial charge on any atom is 0.345 e. The molecule has 1 heterocycles. The molecule has 1 aromatic carbocycles. The monoisotopic (exact) mass is 377 g/mol. The van der Waals surface area contributed by atoms with E-state index < -0.39 is 17.4 Å². The number of rotatable bonds is 7. The van der Waals surface area contributed by atoms with Gasteiger partial charge < -0.3 is 14.8 Å². The lowest BCUT2D eigenvalue weighted by atomic mass is 10.3. The van der Waals surface area contributed by atoms with Crippen molar-refractivity contribution in [2.75, 3.05) is 25.3 Å². The third-order valence-electron chi connectivity index (χ3n) is 3.37. The van der Waals surface area contributed by atoms with Crippen LogP contribution in [-0.2, 0) is 16.1 Å². The first-order chi connectivity index (χ1) is 12.5. The molecule has 2 rings (SSSR count). The fourth-order valence-corrected chi connectivity index (χ4v) is 2.74. The van der Waals surface area contributed by atoms with Crippen molar-refractivity contribution < 1.29 is 19.1 Å². The number of thioether (sulfide) groups is 1. The number of amides is 1. The second-order valence-electron chi connectivity index (χ2n) is 5.02. The molecule has 0 saturated carbocycles. The molecule has 8 nitrogen and oxygen atoms in total. The van der Waals surface area contributed by atoms with E-state index in [1.54, 1.807) is 37.4 Å². The van der Waals surface area contributed by atoms with Gasteiger partial charge in [-0.15, -0.1) is 0 Å². The summed E-state index contributed by atoms with van der Waals surface area (Å²) in [5.41, 5.74) is -0.360. The highest BCUT2D eigenvalue weighted by molar-refractivity contribution is 7.98. The van der Waals surface area contributed by atoms with E-state index >= 15 is 0 Å². The Balaban J connectivity index is 2.29. The van der Waals surface area contributed by atoms with Crippen LogP contribution in [0.3, 0.4) is 0 Å². The number of nitrogens with zero attached hydrogens (tertiary/aromatic N) is 2. The van der Waals surface area contributed by atoms with Crippen LogP contribution in [0.15, 0.2) is 40.4 Å². The predicted octanol–water partition coefficient (Wildman–Crippen LogP) is 1.79. The Morgan fingerprint density at radius 3 is 2.69 bits per heavy atom. The second kappa shape index (κ2) is 9.04. The summed E-state index contributed by atoms with van der Waals surface area (Å²) >= 11 is 1.19. The Morgan fingerprint density at radius 2 is 2.04 bits per heavy atom. The molecule has 0 bridgehead atoms. The summed E-state index contributed by atoms with van der Waals surface area (Å²) < 4.78 is 11.2. The molecule has 0 radical (unpaired) electrons. The average Bonchev–Trinajstić information content (AvgIpc) is 2.63. The summed E-state index contributed by atoms with van der Waals surface area (Å²) in [6, 6.07) is 6.92. The van der Waals surface area contributed by atoms with Crippen LogP contribution in [0.25, 0.3) is 0 Å². The maximum atomic E-state index is 12.6. The third-order valence-corrected chi connectivity index (χ3v) is 4.06. The molecule has 1 aromatic heterocycles. The minimum Gasteiger partial charge on any atom is -0.495 e. The zero-order valence-corrected chi connectivity index (χ0v) is 15.5. The molecule has 0 spiro atoms. The van der Waals surface area contributed by atoms with Crippen molar-refractivity contribution in [3.8, 4) is 5.75 Å². The van der Waals surface area contributed by atoms with Gasteiger partial charge in [-0.1, -0.05) is 23.9 Å². The largest absolute Gasteiger partial charge is 0.495 e. The Labute approximate surface area is 154 Å². The summed E-state index contributed by atoms with van der Waals surface area (Å²) in [4.78, 5) is 40.9. The van der Waals surface area contributed by atoms with Crippen LogP contribution in [0.1, 0.15) is 17.3 Å². The number of para-hydroxylation sites is 2. The summed E-state index contributed by atoms with van der Waals surface area (Å²) in [7, 11) is 1.49. The molecule has 0 saturated heterocycles. The fraction of sp³-hybridized carbons (Fsp3) is 0.294. The van der Waals surface area contributed by atoms with Gasteiger partial charge in [0.1, 0.15) is 17.9 Å². The van der Waals surface area contributed by atoms with Gasteiger partial charge in [0, 0.05) is 0 Å². The smallest absolute Gasteiger partial charge is 0.345 e. The third kappa shape index (κ3) is 4.42. The Morgan fingerprint density at radius 1 is 1.31 bits per heavy atom. The van der Waals surface area contributed by atoms with E-state index in [-0.39, 0.29) is 18.7 Å². The number of ether oxygens (including phenoxy) is 2. The molecule has 1 N–H and O–H groups in total. The molecule has 0 atom stereocenters. The number of hydrogen-bond donors (Lipinski definition) is 1. The van der Waals surface area contributed by atoms with Crippen LogP contribution < -0.4 is 15.6 Å². The van der Waals surface area contributed by atoms with E-state index in [2.05, 4.69) is 10.3 Å². The Hall–Kier alpha value is -2.81. The number of anilines is 1. The van der Waals surface area contributed by atoms with Crippen LogP contribution >= 0.6 is 11.8 Å². The van der Waals surface area contributed by atoms with Crippen LogP contribution in [0, 0.1) is 0 Å². The van der Waals surface area contributed by atoms with Gasteiger partial charge in [0.25, 0.3) is 5.56 Å². The summed E-state index contributed by atoms with van der Waals surface area (Å²) in [6.45, 7) is 1.48. The van der Waals surface area contributed by atoms with Crippen molar-refractivity contribution in [3.63, 3.8) is 0 Å². The van der Waals surface area contributed by atoms with Crippen LogP contribution in [0.4, 0.5) is 5.69 Å². The van der Waals surface area contributed by atoms with Gasteiger partial charge in [0.05, 0.1) is 25.6 Å². The normalized spacial score (nSPS) is 10.3. The topological polar surface area (TPSA) is 99.5 Å². The number of benzene rings is 1. The second-order valence-corrected chi connectivity index (χ2v) is 5.79. The zero-order chi connectivity index (χ0) is 19.1. The van der Waals surface area contributed by atoms with Crippen molar-refractivity contribution >= 4 is 29.3 Å². The predicted molar refractivity (Wildman–Crippen MR) is 97.9 cm³/mol. The van der Waals surface area contributed by atoms with Crippen molar-refractivity contribution in [2.45, 2.75) is 18.6 Å². The first-order valence-electron chi connectivity index (χ1n) is 7.75. The van der Waals surface area contributed by atoms with Gasteiger partial charge in [-0.05, 0) is 25.3 Å². The van der Waals surface area contributed by atoms with Crippen molar-refractivity contribution in [2.24, 2.45) is 0 Å². The van der Waals surface area contributed by atoms with Crippen LogP contribution in [0.5, 0.6) is 5.75 Å². The first kappa shape index (κ1) is 19.5. The highest BCUT2D eigenvalue weighted by Gasteiger charge is 2.19. The molecule has 0 aliphatic carbocycles. The Kier molecular flexibility index (Phi) is 6.79.